The Morgan fingerprint density at radius 2 is 1.78 bits per heavy atom. The molecule has 0 spiro atoms. The molecule has 0 saturated heterocycles. The number of carbonyl (C=O) groups excluding carboxylic acids is 1. The van der Waals surface area contributed by atoms with Crippen molar-refractivity contribution in [3.8, 4) is 11.5 Å². The average molecular weight is 434 g/mol. The zero-order valence-electron chi connectivity index (χ0n) is 18.0. The second-order valence-electron chi connectivity index (χ2n) is 6.54. The van der Waals surface area contributed by atoms with Gasteiger partial charge in [0.15, 0.2) is 17.3 Å². The molecule has 0 bridgehead atoms. The quantitative estimate of drug-likeness (QED) is 0.508. The minimum Gasteiger partial charge on any atom is -0.493 e. The Bertz CT molecular complexity index is 1210. The fraction of sp³-hybridized carbons (Fsp3) is 0.125. The van der Waals surface area contributed by atoms with E-state index in [2.05, 4.69) is 27.2 Å². The van der Waals surface area contributed by atoms with Gasteiger partial charge in [-0.15, -0.1) is 0 Å². The highest BCUT2D eigenvalue weighted by Crippen LogP contribution is 2.35. The number of halogens is 1. The monoisotopic (exact) mass is 434 g/mol. The maximum atomic E-state index is 15.5. The highest BCUT2D eigenvalue weighted by atomic mass is 19.1. The fourth-order valence-corrected chi connectivity index (χ4v) is 3.00. The first kappa shape index (κ1) is 22.5. The number of allylic oxidation sites excluding steroid dienone is 3. The van der Waals surface area contributed by atoms with Gasteiger partial charge in [0.1, 0.15) is 5.69 Å². The van der Waals surface area contributed by atoms with Crippen molar-refractivity contribution >= 4 is 28.6 Å². The van der Waals surface area contributed by atoms with Crippen molar-refractivity contribution in [1.82, 2.24) is 15.3 Å². The zero-order valence-corrected chi connectivity index (χ0v) is 18.0. The highest BCUT2D eigenvalue weighted by Gasteiger charge is 2.17. The van der Waals surface area contributed by atoms with Gasteiger partial charge in [-0.05, 0) is 30.4 Å². The number of methoxy groups -OCH3 is 2. The molecule has 8 heteroatoms. The van der Waals surface area contributed by atoms with Crippen LogP contribution in [0, 0.1) is 0 Å². The lowest BCUT2D eigenvalue weighted by Gasteiger charge is -2.12. The molecule has 0 aliphatic rings. The molecule has 0 unspecified atom stereocenters. The van der Waals surface area contributed by atoms with Crippen molar-refractivity contribution in [2.75, 3.05) is 26.6 Å². The Kier molecular flexibility index (Phi) is 7.17. The molecule has 0 atom stereocenters. The lowest BCUT2D eigenvalue weighted by atomic mass is 10.1. The topological polar surface area (TPSA) is 85.4 Å². The minimum absolute atomic E-state index is 0.0317. The molecule has 0 aliphatic heterocycles. The first-order valence-electron chi connectivity index (χ1n) is 9.69. The van der Waals surface area contributed by atoms with E-state index in [0.717, 1.165) is 0 Å². The van der Waals surface area contributed by atoms with E-state index in [-0.39, 0.29) is 23.2 Å². The number of hydrogen-bond donors (Lipinski definition) is 2. The molecular formula is C24H23FN4O3. The SMILES string of the molecule is C=C/C=C(\C=C(/F)c1nc(NC)nc2cc(OC)c(OC)cc12)NC(=O)c1ccccc1. The zero-order chi connectivity index (χ0) is 23.1. The molecule has 1 heterocycles. The van der Waals surface area contributed by atoms with Crippen LogP contribution in [-0.2, 0) is 0 Å². The number of aromatic nitrogens is 2. The number of ether oxygens (including phenoxy) is 2. The fourth-order valence-electron chi connectivity index (χ4n) is 3.00. The summed E-state index contributed by atoms with van der Waals surface area (Å²) in [5.41, 5.74) is 1.15. The molecular weight excluding hydrogens is 411 g/mol. The van der Waals surface area contributed by atoms with Crippen LogP contribution >= 0.6 is 0 Å². The molecule has 1 amide bonds. The third-order valence-corrected chi connectivity index (χ3v) is 4.52. The van der Waals surface area contributed by atoms with Crippen LogP contribution in [0.4, 0.5) is 10.3 Å². The average Bonchev–Trinajstić information content (AvgIpc) is 2.82. The summed E-state index contributed by atoms with van der Waals surface area (Å²) in [5, 5.41) is 5.93. The summed E-state index contributed by atoms with van der Waals surface area (Å²) in [6, 6.07) is 11.9. The normalized spacial score (nSPS) is 11.8. The van der Waals surface area contributed by atoms with Crippen molar-refractivity contribution in [2.45, 2.75) is 0 Å². The lowest BCUT2D eigenvalue weighted by molar-refractivity contribution is 0.0967. The molecule has 0 fully saturated rings. The summed E-state index contributed by atoms with van der Waals surface area (Å²) in [6.07, 6.45) is 4.13. The highest BCUT2D eigenvalue weighted by molar-refractivity contribution is 5.96. The first-order chi connectivity index (χ1) is 15.5. The van der Waals surface area contributed by atoms with E-state index in [4.69, 9.17) is 9.47 Å². The number of fused-ring (bicyclic) bond motifs is 1. The Morgan fingerprint density at radius 1 is 1.09 bits per heavy atom. The molecule has 1 aromatic heterocycles. The third-order valence-electron chi connectivity index (χ3n) is 4.52. The molecule has 3 rings (SSSR count). The van der Waals surface area contributed by atoms with Crippen molar-refractivity contribution < 1.29 is 18.7 Å². The van der Waals surface area contributed by atoms with Gasteiger partial charge in [0.25, 0.3) is 5.91 Å². The maximum absolute atomic E-state index is 15.5. The van der Waals surface area contributed by atoms with E-state index in [1.807, 2.05) is 0 Å². The molecule has 164 valence electrons. The van der Waals surface area contributed by atoms with Crippen LogP contribution in [0.25, 0.3) is 16.7 Å². The van der Waals surface area contributed by atoms with Crippen LogP contribution in [0.5, 0.6) is 11.5 Å². The molecule has 2 aromatic carbocycles. The van der Waals surface area contributed by atoms with E-state index >= 15 is 4.39 Å². The summed E-state index contributed by atoms with van der Waals surface area (Å²) in [4.78, 5) is 21.2. The Hall–Kier alpha value is -4.20. The maximum Gasteiger partial charge on any atom is 0.255 e. The summed E-state index contributed by atoms with van der Waals surface area (Å²) < 4.78 is 26.1. The summed E-state index contributed by atoms with van der Waals surface area (Å²) >= 11 is 0. The molecule has 0 aliphatic carbocycles. The predicted octanol–water partition coefficient (Wildman–Crippen LogP) is 4.50. The molecule has 7 nitrogen and oxygen atoms in total. The van der Waals surface area contributed by atoms with Gasteiger partial charge in [0, 0.05) is 29.8 Å². The number of benzene rings is 2. The number of anilines is 1. The van der Waals surface area contributed by atoms with Gasteiger partial charge >= 0.3 is 0 Å². The van der Waals surface area contributed by atoms with Crippen molar-refractivity contribution in [3.63, 3.8) is 0 Å². The molecule has 0 saturated carbocycles. The van der Waals surface area contributed by atoms with Crippen LogP contribution in [0.2, 0.25) is 0 Å². The largest absolute Gasteiger partial charge is 0.493 e. The van der Waals surface area contributed by atoms with E-state index in [0.29, 0.717) is 28.0 Å². The smallest absolute Gasteiger partial charge is 0.255 e. The number of hydrogen-bond acceptors (Lipinski definition) is 6. The minimum atomic E-state index is -0.678. The van der Waals surface area contributed by atoms with Gasteiger partial charge in [0.05, 0.1) is 19.7 Å². The Labute approximate surface area is 185 Å². The van der Waals surface area contributed by atoms with Gasteiger partial charge in [-0.25, -0.2) is 14.4 Å². The predicted molar refractivity (Wildman–Crippen MR) is 123 cm³/mol. The van der Waals surface area contributed by atoms with Gasteiger partial charge in [-0.3, -0.25) is 4.79 Å². The summed E-state index contributed by atoms with van der Waals surface area (Å²) in [5.74, 6) is 0.0404. The number of nitrogens with zero attached hydrogens (tertiary/aromatic N) is 2. The van der Waals surface area contributed by atoms with Gasteiger partial charge in [-0.1, -0.05) is 30.9 Å². The Morgan fingerprint density at radius 3 is 2.41 bits per heavy atom. The second-order valence-corrected chi connectivity index (χ2v) is 6.54. The van der Waals surface area contributed by atoms with Crippen LogP contribution in [0.1, 0.15) is 16.1 Å². The Balaban J connectivity index is 2.07. The molecule has 0 radical (unpaired) electrons. The first-order valence-corrected chi connectivity index (χ1v) is 9.69. The number of nitrogens with one attached hydrogen (secondary N) is 2. The van der Waals surface area contributed by atoms with Crippen LogP contribution in [0.15, 0.2) is 73.0 Å². The van der Waals surface area contributed by atoms with Crippen molar-refractivity contribution in [1.29, 1.82) is 0 Å². The molecule has 3 aromatic rings. The number of rotatable bonds is 8. The lowest BCUT2D eigenvalue weighted by Crippen LogP contribution is -2.21. The third kappa shape index (κ3) is 4.92. The van der Waals surface area contributed by atoms with Gasteiger partial charge in [0.2, 0.25) is 5.95 Å². The van der Waals surface area contributed by atoms with E-state index in [9.17, 15) is 4.79 Å². The second kappa shape index (κ2) is 10.2. The van der Waals surface area contributed by atoms with Crippen molar-refractivity contribution in [3.05, 3.63) is 84.2 Å². The van der Waals surface area contributed by atoms with Crippen molar-refractivity contribution in [2.24, 2.45) is 0 Å². The number of carbonyl (C=O) groups is 1. The molecule has 2 N–H and O–H groups in total. The summed E-state index contributed by atoms with van der Waals surface area (Å²) in [6.45, 7) is 3.63. The van der Waals surface area contributed by atoms with Gasteiger partial charge < -0.3 is 20.1 Å². The van der Waals surface area contributed by atoms with E-state index in [1.165, 1.54) is 32.4 Å². The van der Waals surface area contributed by atoms with Gasteiger partial charge in [-0.2, -0.15) is 0 Å². The molecule has 32 heavy (non-hydrogen) atoms. The van der Waals surface area contributed by atoms with E-state index in [1.54, 1.807) is 49.5 Å². The number of amides is 1. The van der Waals surface area contributed by atoms with Crippen LogP contribution in [-0.4, -0.2) is 37.1 Å². The standard InChI is InChI=1S/C24H23FN4O3/c1-5-9-16(27-23(30)15-10-7-6-8-11-15)12-18(25)22-17-13-20(31-3)21(32-4)14-19(17)28-24(26-2)29-22/h5-14H,1H2,2-4H3,(H,27,30)(H,26,28,29)/b16-9+,18-12-. The van der Waals surface area contributed by atoms with Crippen LogP contribution < -0.4 is 20.1 Å². The van der Waals surface area contributed by atoms with Crippen LogP contribution in [0.3, 0.4) is 0 Å². The summed E-state index contributed by atoms with van der Waals surface area (Å²) in [7, 11) is 4.63. The van der Waals surface area contributed by atoms with E-state index < -0.39 is 5.83 Å².